The highest BCUT2D eigenvalue weighted by Gasteiger charge is 2.46. The second-order valence-electron chi connectivity index (χ2n) is 8.50. The maximum absolute atomic E-state index is 13.9. The molecule has 5 rings (SSSR count). The number of likely N-dealkylation sites (tertiary alicyclic amines) is 1. The molecule has 1 atom stereocenters. The zero-order chi connectivity index (χ0) is 25.4. The van der Waals surface area contributed by atoms with Crippen LogP contribution in [0.15, 0.2) is 83.0 Å². The quantitative estimate of drug-likeness (QED) is 0.183. The number of aromatic amines is 1. The lowest BCUT2D eigenvalue weighted by Crippen LogP contribution is -2.31. The van der Waals surface area contributed by atoms with Crippen molar-refractivity contribution in [3.05, 3.63) is 105 Å². The summed E-state index contributed by atoms with van der Waals surface area (Å²) in [6.45, 7) is 0.223. The first-order valence-corrected chi connectivity index (χ1v) is 12.1. The van der Waals surface area contributed by atoms with Crippen LogP contribution in [0.2, 0.25) is 0 Å². The number of nitrogens with zero attached hydrogens (tertiary/aromatic N) is 1. The summed E-state index contributed by atoms with van der Waals surface area (Å²) in [6, 6.07) is 17.6. The fourth-order valence-electron chi connectivity index (χ4n) is 4.64. The summed E-state index contributed by atoms with van der Waals surface area (Å²) in [6.07, 6.45) is 2.37. The molecular weight excluding hydrogens is 527 g/mol. The van der Waals surface area contributed by atoms with E-state index >= 15 is 0 Å². The van der Waals surface area contributed by atoms with E-state index in [4.69, 9.17) is 4.74 Å². The fourth-order valence-corrected chi connectivity index (χ4v) is 5.21. The zero-order valence-corrected chi connectivity index (χ0v) is 20.9. The Balaban J connectivity index is 1.58. The molecule has 1 aliphatic rings. The number of Topliss-reactive ketones (excluding diaryl/α,β-unsaturated/α-hetero) is 1. The molecule has 0 bridgehead atoms. The average molecular weight is 549 g/mol. The van der Waals surface area contributed by atoms with Crippen LogP contribution in [0.25, 0.3) is 16.7 Å². The molecule has 4 aromatic rings. The molecule has 1 saturated heterocycles. The summed E-state index contributed by atoms with van der Waals surface area (Å²) in [5.41, 5.74) is 2.81. The van der Waals surface area contributed by atoms with Crippen molar-refractivity contribution in [1.29, 1.82) is 0 Å². The number of nitrogens with one attached hydrogen (secondary N) is 1. The van der Waals surface area contributed by atoms with E-state index in [1.54, 1.807) is 24.3 Å². The van der Waals surface area contributed by atoms with Crippen LogP contribution in [0.4, 0.5) is 4.39 Å². The van der Waals surface area contributed by atoms with E-state index < -0.39 is 23.5 Å². The maximum atomic E-state index is 13.9. The lowest BCUT2D eigenvalue weighted by Gasteiger charge is -2.26. The number of rotatable bonds is 6. The highest BCUT2D eigenvalue weighted by atomic mass is 79.9. The van der Waals surface area contributed by atoms with Crippen molar-refractivity contribution < 1.29 is 23.8 Å². The van der Waals surface area contributed by atoms with Crippen LogP contribution >= 0.6 is 15.9 Å². The van der Waals surface area contributed by atoms with Gasteiger partial charge in [0.15, 0.2) is 0 Å². The number of ether oxygens (including phenoxy) is 1. The Labute approximate surface area is 215 Å². The summed E-state index contributed by atoms with van der Waals surface area (Å²) in [7, 11) is 1.53. The summed E-state index contributed by atoms with van der Waals surface area (Å²) in [5, 5.41) is 12.2. The Morgan fingerprint density at radius 2 is 1.86 bits per heavy atom. The molecule has 1 fully saturated rings. The van der Waals surface area contributed by atoms with Gasteiger partial charge >= 0.3 is 0 Å². The third-order valence-electron chi connectivity index (χ3n) is 6.46. The van der Waals surface area contributed by atoms with Gasteiger partial charge in [0.1, 0.15) is 17.3 Å². The number of amides is 1. The molecule has 0 aliphatic carbocycles. The number of benzene rings is 3. The average Bonchev–Trinajstić information content (AvgIpc) is 3.41. The Kier molecular flexibility index (Phi) is 6.36. The first-order chi connectivity index (χ1) is 17.4. The van der Waals surface area contributed by atoms with Gasteiger partial charge in [-0.1, -0.05) is 40.2 Å². The van der Waals surface area contributed by atoms with Gasteiger partial charge in [0, 0.05) is 33.7 Å². The summed E-state index contributed by atoms with van der Waals surface area (Å²) >= 11 is 3.38. The van der Waals surface area contributed by atoms with Crippen LogP contribution in [0.3, 0.4) is 0 Å². The van der Waals surface area contributed by atoms with Gasteiger partial charge in [0.05, 0.1) is 18.7 Å². The van der Waals surface area contributed by atoms with Crippen LogP contribution in [0.1, 0.15) is 22.7 Å². The molecule has 1 aliphatic heterocycles. The molecule has 182 valence electrons. The van der Waals surface area contributed by atoms with Crippen molar-refractivity contribution in [3.8, 4) is 5.75 Å². The monoisotopic (exact) mass is 548 g/mol. The molecule has 3 aromatic carbocycles. The van der Waals surface area contributed by atoms with Crippen LogP contribution in [-0.2, 0) is 16.0 Å². The summed E-state index contributed by atoms with van der Waals surface area (Å²) < 4.78 is 19.5. The highest BCUT2D eigenvalue weighted by molar-refractivity contribution is 9.10. The SMILES string of the molecule is COc1ccc(C(O)=C2C(=O)C(=O)N(CCc3c[nH]c4ccccc34)C2c2ccc(F)cc2Br)cc1. The van der Waals surface area contributed by atoms with Crippen LogP contribution in [0, 0.1) is 5.82 Å². The normalized spacial score (nSPS) is 17.2. The molecule has 6 nitrogen and oxygen atoms in total. The number of aliphatic hydroxyl groups is 1. The minimum atomic E-state index is -0.896. The van der Waals surface area contributed by atoms with E-state index in [-0.39, 0.29) is 17.9 Å². The van der Waals surface area contributed by atoms with E-state index in [9.17, 15) is 19.1 Å². The molecule has 1 unspecified atom stereocenters. The van der Waals surface area contributed by atoms with Crippen LogP contribution in [0.5, 0.6) is 5.75 Å². The molecule has 0 saturated carbocycles. The molecule has 0 spiro atoms. The molecule has 8 heteroatoms. The topological polar surface area (TPSA) is 82.6 Å². The second kappa shape index (κ2) is 9.62. The minimum absolute atomic E-state index is 0.0450. The molecule has 36 heavy (non-hydrogen) atoms. The number of aliphatic hydroxyl groups excluding tert-OH is 1. The number of carbonyl (C=O) groups excluding carboxylic acids is 2. The third-order valence-corrected chi connectivity index (χ3v) is 7.14. The van der Waals surface area contributed by atoms with E-state index in [0.29, 0.717) is 27.8 Å². The number of hydrogen-bond acceptors (Lipinski definition) is 4. The third kappa shape index (κ3) is 4.18. The lowest BCUT2D eigenvalue weighted by molar-refractivity contribution is -0.139. The van der Waals surface area contributed by atoms with Gasteiger partial charge < -0.3 is 19.7 Å². The summed E-state index contributed by atoms with van der Waals surface area (Å²) in [5.74, 6) is -1.68. The van der Waals surface area contributed by atoms with Crippen molar-refractivity contribution in [2.45, 2.75) is 12.5 Å². The van der Waals surface area contributed by atoms with E-state index in [0.717, 1.165) is 16.5 Å². The molecule has 2 N–H and O–H groups in total. The number of para-hydroxylation sites is 1. The van der Waals surface area contributed by atoms with E-state index in [2.05, 4.69) is 20.9 Å². The number of H-pyrrole nitrogens is 1. The number of carbonyl (C=O) groups is 2. The summed E-state index contributed by atoms with van der Waals surface area (Å²) in [4.78, 5) is 31.2. The number of aromatic nitrogens is 1. The fraction of sp³-hybridized carbons (Fsp3) is 0.143. The van der Waals surface area contributed by atoms with Crippen LogP contribution in [-0.4, -0.2) is 40.3 Å². The van der Waals surface area contributed by atoms with E-state index in [1.165, 1.54) is 30.2 Å². The van der Waals surface area contributed by atoms with Crippen molar-refractivity contribution in [3.63, 3.8) is 0 Å². The predicted octanol–water partition coefficient (Wildman–Crippen LogP) is 5.74. The Morgan fingerprint density at radius 3 is 2.58 bits per heavy atom. The first kappa shape index (κ1) is 23.8. The first-order valence-electron chi connectivity index (χ1n) is 11.3. The standard InChI is InChI=1S/C28H22BrFN2O4/c1-36-19-9-6-16(7-10-19)26(33)24-25(21-11-8-18(30)14-22(21)29)32(28(35)27(24)34)13-12-17-15-31-23-5-3-2-4-20(17)23/h2-11,14-15,25,31,33H,12-13H2,1H3. The zero-order valence-electron chi connectivity index (χ0n) is 19.3. The Bertz CT molecular complexity index is 1510. The number of ketones is 1. The number of halogens is 2. The number of hydrogen-bond donors (Lipinski definition) is 2. The molecule has 1 amide bonds. The van der Waals surface area contributed by atoms with E-state index in [1.807, 2.05) is 30.5 Å². The molecule has 1 aromatic heterocycles. The Hall–Kier alpha value is -3.91. The van der Waals surface area contributed by atoms with Gasteiger partial charge in [-0.25, -0.2) is 4.39 Å². The van der Waals surface area contributed by atoms with Crippen LogP contribution < -0.4 is 4.74 Å². The van der Waals surface area contributed by atoms with Gasteiger partial charge in [-0.2, -0.15) is 0 Å². The van der Waals surface area contributed by atoms with Gasteiger partial charge in [0.2, 0.25) is 0 Å². The Morgan fingerprint density at radius 1 is 1.11 bits per heavy atom. The molecule has 0 radical (unpaired) electrons. The second-order valence-corrected chi connectivity index (χ2v) is 9.35. The predicted molar refractivity (Wildman–Crippen MR) is 138 cm³/mol. The number of methoxy groups -OCH3 is 1. The molecular formula is C28H22BrFN2O4. The van der Waals surface area contributed by atoms with Crippen molar-refractivity contribution in [2.24, 2.45) is 0 Å². The molecule has 2 heterocycles. The highest BCUT2D eigenvalue weighted by Crippen LogP contribution is 2.42. The lowest BCUT2D eigenvalue weighted by atomic mass is 9.95. The largest absolute Gasteiger partial charge is 0.507 e. The van der Waals surface area contributed by atoms with Crippen molar-refractivity contribution in [1.82, 2.24) is 9.88 Å². The van der Waals surface area contributed by atoms with Gasteiger partial charge in [-0.15, -0.1) is 0 Å². The minimum Gasteiger partial charge on any atom is -0.507 e. The van der Waals surface area contributed by atoms with Crippen molar-refractivity contribution >= 4 is 44.3 Å². The van der Waals surface area contributed by atoms with Crippen molar-refractivity contribution in [2.75, 3.05) is 13.7 Å². The van der Waals surface area contributed by atoms with Gasteiger partial charge in [-0.3, -0.25) is 9.59 Å². The smallest absolute Gasteiger partial charge is 0.295 e. The van der Waals surface area contributed by atoms with Gasteiger partial charge in [-0.05, 0) is 60.0 Å². The maximum Gasteiger partial charge on any atom is 0.295 e. The van der Waals surface area contributed by atoms with Gasteiger partial charge in [0.25, 0.3) is 11.7 Å². The number of fused-ring (bicyclic) bond motifs is 1.